The lowest BCUT2D eigenvalue weighted by atomic mass is 10.2. The maximum atomic E-state index is 12.5. The SMILES string of the molecule is CC(=O)Nc1ccc(OC(=O)c2ccccc2OCCOc2ccccc2)cc1. The number of carbonyl (C=O) groups is 2. The molecule has 0 saturated carbocycles. The molecule has 0 heterocycles. The van der Waals surface area contributed by atoms with Crippen LogP contribution in [0.4, 0.5) is 5.69 Å². The molecule has 148 valence electrons. The van der Waals surface area contributed by atoms with Crippen molar-refractivity contribution in [2.24, 2.45) is 0 Å². The highest BCUT2D eigenvalue weighted by atomic mass is 16.5. The van der Waals surface area contributed by atoms with Crippen molar-refractivity contribution in [3.05, 3.63) is 84.4 Å². The zero-order valence-corrected chi connectivity index (χ0v) is 16.0. The Hall–Kier alpha value is -3.80. The number of anilines is 1. The Morgan fingerprint density at radius 2 is 1.41 bits per heavy atom. The molecule has 0 bridgehead atoms. The molecule has 0 fully saturated rings. The largest absolute Gasteiger partial charge is 0.490 e. The van der Waals surface area contributed by atoms with Crippen molar-refractivity contribution in [1.82, 2.24) is 0 Å². The first-order valence-electron chi connectivity index (χ1n) is 9.11. The summed E-state index contributed by atoms with van der Waals surface area (Å²) in [6.45, 7) is 2.05. The van der Waals surface area contributed by atoms with E-state index in [2.05, 4.69) is 5.32 Å². The number of carbonyl (C=O) groups excluding carboxylic acids is 2. The third kappa shape index (κ3) is 6.10. The average Bonchev–Trinajstić information content (AvgIpc) is 2.73. The molecule has 0 aliphatic carbocycles. The summed E-state index contributed by atoms with van der Waals surface area (Å²) in [5.74, 6) is 0.843. The van der Waals surface area contributed by atoms with Crippen LogP contribution in [0.5, 0.6) is 17.2 Å². The van der Waals surface area contributed by atoms with E-state index in [0.717, 1.165) is 5.75 Å². The van der Waals surface area contributed by atoms with Crippen LogP contribution >= 0.6 is 0 Å². The molecule has 3 aromatic carbocycles. The van der Waals surface area contributed by atoms with Gasteiger partial charge in [-0.1, -0.05) is 30.3 Å². The minimum atomic E-state index is -0.531. The summed E-state index contributed by atoms with van der Waals surface area (Å²) in [6, 6.07) is 22.8. The lowest BCUT2D eigenvalue weighted by molar-refractivity contribution is -0.114. The van der Waals surface area contributed by atoms with E-state index in [9.17, 15) is 9.59 Å². The molecular formula is C23H21NO5. The summed E-state index contributed by atoms with van der Waals surface area (Å²) in [5.41, 5.74) is 0.942. The van der Waals surface area contributed by atoms with Crippen molar-refractivity contribution in [2.75, 3.05) is 18.5 Å². The highest BCUT2D eigenvalue weighted by molar-refractivity contribution is 5.94. The molecule has 0 aromatic heterocycles. The van der Waals surface area contributed by atoms with Gasteiger partial charge < -0.3 is 19.5 Å². The van der Waals surface area contributed by atoms with Crippen LogP contribution in [0.3, 0.4) is 0 Å². The fourth-order valence-corrected chi connectivity index (χ4v) is 2.56. The van der Waals surface area contributed by atoms with Gasteiger partial charge in [-0.3, -0.25) is 4.79 Å². The van der Waals surface area contributed by atoms with Crippen molar-refractivity contribution in [1.29, 1.82) is 0 Å². The predicted octanol–water partition coefficient (Wildman–Crippen LogP) is 4.32. The van der Waals surface area contributed by atoms with Crippen LogP contribution in [0.15, 0.2) is 78.9 Å². The van der Waals surface area contributed by atoms with Gasteiger partial charge in [0, 0.05) is 12.6 Å². The van der Waals surface area contributed by atoms with Gasteiger partial charge in [0.1, 0.15) is 36.0 Å². The van der Waals surface area contributed by atoms with Crippen LogP contribution in [0.1, 0.15) is 17.3 Å². The molecule has 0 spiro atoms. The molecule has 29 heavy (non-hydrogen) atoms. The van der Waals surface area contributed by atoms with E-state index < -0.39 is 5.97 Å². The van der Waals surface area contributed by atoms with Crippen LogP contribution in [-0.2, 0) is 4.79 Å². The molecule has 0 atom stereocenters. The third-order valence-corrected chi connectivity index (χ3v) is 3.85. The molecule has 0 aliphatic heterocycles. The Morgan fingerprint density at radius 1 is 0.759 bits per heavy atom. The molecule has 6 heteroatoms. The second-order valence-corrected chi connectivity index (χ2v) is 6.10. The van der Waals surface area contributed by atoms with Gasteiger partial charge >= 0.3 is 5.97 Å². The van der Waals surface area contributed by atoms with E-state index in [0.29, 0.717) is 29.4 Å². The van der Waals surface area contributed by atoms with Crippen molar-refractivity contribution < 1.29 is 23.8 Å². The highest BCUT2D eigenvalue weighted by Crippen LogP contribution is 2.22. The molecule has 3 rings (SSSR count). The topological polar surface area (TPSA) is 73.9 Å². The molecule has 0 unspecified atom stereocenters. The number of benzene rings is 3. The van der Waals surface area contributed by atoms with Gasteiger partial charge in [0.05, 0.1) is 0 Å². The Kier molecular flexibility index (Phi) is 6.84. The van der Waals surface area contributed by atoms with Crippen molar-refractivity contribution >= 4 is 17.6 Å². The predicted molar refractivity (Wildman–Crippen MR) is 110 cm³/mol. The quantitative estimate of drug-likeness (QED) is 0.352. The third-order valence-electron chi connectivity index (χ3n) is 3.85. The monoisotopic (exact) mass is 391 g/mol. The number of rotatable bonds is 8. The number of ether oxygens (including phenoxy) is 3. The molecule has 3 aromatic rings. The van der Waals surface area contributed by atoms with Crippen LogP contribution in [0.2, 0.25) is 0 Å². The lowest BCUT2D eigenvalue weighted by Gasteiger charge is -2.12. The minimum Gasteiger partial charge on any atom is -0.490 e. The van der Waals surface area contributed by atoms with Crippen LogP contribution in [0.25, 0.3) is 0 Å². The minimum absolute atomic E-state index is 0.169. The first kappa shape index (κ1) is 19.9. The molecule has 0 radical (unpaired) electrons. The summed E-state index contributed by atoms with van der Waals surface area (Å²) in [4.78, 5) is 23.6. The van der Waals surface area contributed by atoms with Crippen molar-refractivity contribution in [3.63, 3.8) is 0 Å². The van der Waals surface area contributed by atoms with E-state index in [1.807, 2.05) is 30.3 Å². The molecule has 6 nitrogen and oxygen atoms in total. The summed E-state index contributed by atoms with van der Waals surface area (Å²) >= 11 is 0. The fourth-order valence-electron chi connectivity index (χ4n) is 2.56. The number of hydrogen-bond acceptors (Lipinski definition) is 5. The second-order valence-electron chi connectivity index (χ2n) is 6.10. The van der Waals surface area contributed by atoms with Gasteiger partial charge in [0.2, 0.25) is 5.91 Å². The highest BCUT2D eigenvalue weighted by Gasteiger charge is 2.14. The average molecular weight is 391 g/mol. The Balaban J connectivity index is 1.57. The standard InChI is InChI=1S/C23H21NO5/c1-17(25)24-18-11-13-20(14-12-18)29-23(26)21-9-5-6-10-22(21)28-16-15-27-19-7-3-2-4-8-19/h2-14H,15-16H2,1H3,(H,24,25). The summed E-state index contributed by atoms with van der Waals surface area (Å²) in [5, 5.41) is 2.66. The molecular weight excluding hydrogens is 370 g/mol. The van der Waals surface area contributed by atoms with E-state index in [1.165, 1.54) is 6.92 Å². The molecule has 1 amide bonds. The maximum absolute atomic E-state index is 12.5. The van der Waals surface area contributed by atoms with E-state index in [-0.39, 0.29) is 12.5 Å². The Bertz CT molecular complexity index is 955. The van der Waals surface area contributed by atoms with Gasteiger partial charge in [-0.25, -0.2) is 4.79 Å². The van der Waals surface area contributed by atoms with Gasteiger partial charge in [0.15, 0.2) is 0 Å². The van der Waals surface area contributed by atoms with Crippen LogP contribution < -0.4 is 19.5 Å². The smallest absolute Gasteiger partial charge is 0.347 e. The number of esters is 1. The fraction of sp³-hybridized carbons (Fsp3) is 0.130. The van der Waals surface area contributed by atoms with E-state index >= 15 is 0 Å². The number of nitrogens with one attached hydrogen (secondary N) is 1. The van der Waals surface area contributed by atoms with E-state index in [4.69, 9.17) is 14.2 Å². The van der Waals surface area contributed by atoms with Crippen LogP contribution in [-0.4, -0.2) is 25.1 Å². The summed E-state index contributed by atoms with van der Waals surface area (Å²) in [6.07, 6.45) is 0. The second kappa shape index (κ2) is 9.94. The summed E-state index contributed by atoms with van der Waals surface area (Å²) < 4.78 is 16.7. The number of amides is 1. The molecule has 1 N–H and O–H groups in total. The zero-order valence-electron chi connectivity index (χ0n) is 16.0. The van der Waals surface area contributed by atoms with Gasteiger partial charge in [-0.05, 0) is 48.5 Å². The van der Waals surface area contributed by atoms with Gasteiger partial charge in [0.25, 0.3) is 0 Å². The number of hydrogen-bond donors (Lipinski definition) is 1. The summed E-state index contributed by atoms with van der Waals surface area (Å²) in [7, 11) is 0. The Labute approximate surface area is 169 Å². The van der Waals surface area contributed by atoms with Crippen molar-refractivity contribution in [3.8, 4) is 17.2 Å². The van der Waals surface area contributed by atoms with Gasteiger partial charge in [-0.15, -0.1) is 0 Å². The molecule has 0 saturated heterocycles. The number of para-hydroxylation sites is 2. The first-order valence-corrected chi connectivity index (χ1v) is 9.11. The van der Waals surface area contributed by atoms with Gasteiger partial charge in [-0.2, -0.15) is 0 Å². The van der Waals surface area contributed by atoms with E-state index in [1.54, 1.807) is 48.5 Å². The molecule has 0 aliphatic rings. The normalized spacial score (nSPS) is 10.1. The van der Waals surface area contributed by atoms with Crippen LogP contribution in [0, 0.1) is 0 Å². The first-order chi connectivity index (χ1) is 14.1. The van der Waals surface area contributed by atoms with Crippen molar-refractivity contribution in [2.45, 2.75) is 6.92 Å². The lowest BCUT2D eigenvalue weighted by Crippen LogP contribution is -2.14. The Morgan fingerprint density at radius 3 is 2.14 bits per heavy atom. The zero-order chi connectivity index (χ0) is 20.5. The maximum Gasteiger partial charge on any atom is 0.347 e.